The third kappa shape index (κ3) is 7.46. The van der Waals surface area contributed by atoms with E-state index in [-0.39, 0.29) is 11.8 Å². The van der Waals surface area contributed by atoms with Gasteiger partial charge in [0.15, 0.2) is 0 Å². The first-order valence-corrected chi connectivity index (χ1v) is 12.3. The van der Waals surface area contributed by atoms with E-state index in [9.17, 15) is 5.11 Å². The smallest absolute Gasteiger partial charge is 0.115 e. The van der Waals surface area contributed by atoms with E-state index in [1.807, 2.05) is 31.2 Å². The summed E-state index contributed by atoms with van der Waals surface area (Å²) in [6.07, 6.45) is 10.1. The van der Waals surface area contributed by atoms with Crippen LogP contribution in [-0.4, -0.2) is 35.4 Å². The second-order valence-corrected chi connectivity index (χ2v) is 9.14. The molecule has 180 valence electrons. The molecular formula is C30H39N3O. The highest BCUT2D eigenvalue weighted by molar-refractivity contribution is 6.00. The lowest BCUT2D eigenvalue weighted by molar-refractivity contribution is 0.193. The van der Waals surface area contributed by atoms with Crippen molar-refractivity contribution in [3.8, 4) is 5.75 Å². The number of phenols is 1. The zero-order chi connectivity index (χ0) is 24.3. The number of piperidine rings is 1. The van der Waals surface area contributed by atoms with Gasteiger partial charge in [0.25, 0.3) is 0 Å². The summed E-state index contributed by atoms with van der Waals surface area (Å²) in [5, 5.41) is 13.4. The molecule has 0 aromatic heterocycles. The fourth-order valence-corrected chi connectivity index (χ4v) is 4.55. The summed E-state index contributed by atoms with van der Waals surface area (Å²) in [5.41, 5.74) is 5.71. The van der Waals surface area contributed by atoms with Gasteiger partial charge in [-0.15, -0.1) is 0 Å². The summed E-state index contributed by atoms with van der Waals surface area (Å²) in [4.78, 5) is 7.09. The van der Waals surface area contributed by atoms with Crippen LogP contribution in [0.4, 0.5) is 0 Å². The predicted molar refractivity (Wildman–Crippen MR) is 144 cm³/mol. The first-order chi connectivity index (χ1) is 16.5. The molecule has 3 rings (SSSR count). The number of hydrogen-bond acceptors (Lipinski definition) is 4. The second kappa shape index (κ2) is 13.0. The molecule has 2 aromatic carbocycles. The van der Waals surface area contributed by atoms with E-state index in [0.717, 1.165) is 55.9 Å². The van der Waals surface area contributed by atoms with Gasteiger partial charge in [-0.1, -0.05) is 61.2 Å². The van der Waals surface area contributed by atoms with Gasteiger partial charge in [-0.3, -0.25) is 4.99 Å². The number of benzene rings is 2. The first kappa shape index (κ1) is 25.5. The summed E-state index contributed by atoms with van der Waals surface area (Å²) in [5.74, 6) is 0.688. The van der Waals surface area contributed by atoms with Crippen LogP contribution in [-0.2, 0) is 6.42 Å². The molecule has 1 heterocycles. The van der Waals surface area contributed by atoms with Crippen molar-refractivity contribution in [2.24, 2.45) is 10.9 Å². The van der Waals surface area contributed by atoms with Gasteiger partial charge in [-0.2, -0.15) is 0 Å². The van der Waals surface area contributed by atoms with E-state index in [0.29, 0.717) is 5.92 Å². The third-order valence-electron chi connectivity index (χ3n) is 6.57. The standard InChI is InChI=1S/C30H39N3O/c1-5-8-29(31-6-2)30(27-14-16-28(34)17-15-27)32-24(4)26-18-21-33(22-19-26)20-7-9-25-12-10-23(3)11-13-25/h5-6,8,10-17,26,30,32,34H,2,4,7,9,18-22H2,1,3H3/b8-5-,31-29+. The quantitative estimate of drug-likeness (QED) is 0.387. The topological polar surface area (TPSA) is 47.9 Å². The number of rotatable bonds is 11. The summed E-state index contributed by atoms with van der Waals surface area (Å²) >= 11 is 0. The summed E-state index contributed by atoms with van der Waals surface area (Å²) in [6.45, 7) is 15.7. The molecule has 0 bridgehead atoms. The maximum absolute atomic E-state index is 9.73. The fourth-order valence-electron chi connectivity index (χ4n) is 4.55. The zero-order valence-corrected chi connectivity index (χ0v) is 20.7. The molecule has 0 amide bonds. The molecule has 0 spiro atoms. The van der Waals surface area contributed by atoms with Crippen LogP contribution < -0.4 is 5.32 Å². The number of phenolic OH excluding ortho intramolecular Hbond substituents is 1. The molecular weight excluding hydrogens is 418 g/mol. The number of nitrogens with one attached hydrogen (secondary N) is 1. The third-order valence-corrected chi connectivity index (χ3v) is 6.57. The van der Waals surface area contributed by atoms with Crippen LogP contribution in [0.3, 0.4) is 0 Å². The minimum absolute atomic E-state index is 0.144. The molecule has 1 fully saturated rings. The Morgan fingerprint density at radius 3 is 2.44 bits per heavy atom. The molecule has 0 aliphatic carbocycles. The predicted octanol–water partition coefficient (Wildman–Crippen LogP) is 6.35. The molecule has 4 heteroatoms. The SMILES string of the molecule is C=C/N=C(\C=C/C)C(NC(=C)C1CCN(CCCc2ccc(C)cc2)CC1)c1ccc(O)cc1. The lowest BCUT2D eigenvalue weighted by atomic mass is 9.92. The Hall–Kier alpha value is -3.11. The molecule has 1 aliphatic heterocycles. The van der Waals surface area contributed by atoms with Crippen molar-refractivity contribution in [2.75, 3.05) is 19.6 Å². The highest BCUT2D eigenvalue weighted by Gasteiger charge is 2.24. The van der Waals surface area contributed by atoms with Gasteiger partial charge < -0.3 is 15.3 Å². The monoisotopic (exact) mass is 457 g/mol. The average Bonchev–Trinajstić information content (AvgIpc) is 2.85. The summed E-state index contributed by atoms with van der Waals surface area (Å²) in [6, 6.07) is 16.0. The van der Waals surface area contributed by atoms with Gasteiger partial charge in [0.1, 0.15) is 5.75 Å². The molecule has 2 N–H and O–H groups in total. The van der Waals surface area contributed by atoms with E-state index < -0.39 is 0 Å². The van der Waals surface area contributed by atoms with Gasteiger partial charge in [0.2, 0.25) is 0 Å². The highest BCUT2D eigenvalue weighted by Crippen LogP contribution is 2.27. The van der Waals surface area contributed by atoms with Gasteiger partial charge in [-0.05, 0) is 88.5 Å². The number of allylic oxidation sites excluding steroid dienone is 2. The summed E-state index contributed by atoms with van der Waals surface area (Å²) < 4.78 is 0. The van der Waals surface area contributed by atoms with E-state index in [2.05, 4.69) is 59.6 Å². The van der Waals surface area contributed by atoms with Crippen LogP contribution in [0, 0.1) is 12.8 Å². The molecule has 1 aliphatic rings. The molecule has 2 aromatic rings. The minimum atomic E-state index is -0.144. The van der Waals surface area contributed by atoms with Crippen LogP contribution in [0.1, 0.15) is 48.9 Å². The van der Waals surface area contributed by atoms with Crippen LogP contribution in [0.25, 0.3) is 0 Å². The van der Waals surface area contributed by atoms with Crippen molar-refractivity contribution >= 4 is 5.71 Å². The maximum Gasteiger partial charge on any atom is 0.115 e. The summed E-state index contributed by atoms with van der Waals surface area (Å²) in [7, 11) is 0. The Kier molecular flexibility index (Phi) is 9.72. The Labute approximate surface area is 205 Å². The van der Waals surface area contributed by atoms with E-state index in [4.69, 9.17) is 0 Å². The molecule has 1 atom stereocenters. The van der Waals surface area contributed by atoms with Crippen LogP contribution >= 0.6 is 0 Å². The number of aryl methyl sites for hydroxylation is 2. The van der Waals surface area contributed by atoms with Crippen LogP contribution in [0.5, 0.6) is 5.75 Å². The van der Waals surface area contributed by atoms with E-state index in [1.165, 1.54) is 17.5 Å². The van der Waals surface area contributed by atoms with Crippen molar-refractivity contribution in [3.05, 3.63) is 102 Å². The Bertz CT molecular complexity index is 981. The average molecular weight is 458 g/mol. The van der Waals surface area contributed by atoms with Gasteiger partial charge in [0, 0.05) is 17.8 Å². The first-order valence-electron chi connectivity index (χ1n) is 12.3. The number of aromatic hydroxyl groups is 1. The minimum Gasteiger partial charge on any atom is -0.508 e. The zero-order valence-electron chi connectivity index (χ0n) is 20.7. The van der Waals surface area contributed by atoms with Gasteiger partial charge in [-0.25, -0.2) is 0 Å². The number of hydrogen-bond donors (Lipinski definition) is 2. The van der Waals surface area contributed by atoms with Gasteiger partial charge in [0.05, 0.1) is 11.8 Å². The fraction of sp³-hybridized carbons (Fsp3) is 0.367. The number of nitrogens with zero attached hydrogens (tertiary/aromatic N) is 2. The molecule has 1 saturated heterocycles. The van der Waals surface area contributed by atoms with E-state index in [1.54, 1.807) is 18.3 Å². The van der Waals surface area contributed by atoms with Gasteiger partial charge >= 0.3 is 0 Å². The number of aliphatic imine (C=N–C) groups is 1. The van der Waals surface area contributed by atoms with Crippen LogP contribution in [0.2, 0.25) is 0 Å². The molecule has 0 saturated carbocycles. The van der Waals surface area contributed by atoms with Crippen molar-refractivity contribution < 1.29 is 5.11 Å². The molecule has 4 nitrogen and oxygen atoms in total. The lowest BCUT2D eigenvalue weighted by Crippen LogP contribution is -2.38. The Morgan fingerprint density at radius 1 is 1.15 bits per heavy atom. The molecule has 0 radical (unpaired) electrons. The second-order valence-electron chi connectivity index (χ2n) is 9.14. The lowest BCUT2D eigenvalue weighted by Gasteiger charge is -2.34. The normalized spacial score (nSPS) is 16.5. The van der Waals surface area contributed by atoms with Crippen molar-refractivity contribution in [1.29, 1.82) is 0 Å². The van der Waals surface area contributed by atoms with E-state index >= 15 is 0 Å². The van der Waals surface area contributed by atoms with Crippen molar-refractivity contribution in [2.45, 2.75) is 45.6 Å². The molecule has 34 heavy (non-hydrogen) atoms. The molecule has 1 unspecified atom stereocenters. The van der Waals surface area contributed by atoms with Crippen molar-refractivity contribution in [1.82, 2.24) is 10.2 Å². The number of likely N-dealkylation sites (tertiary alicyclic amines) is 1. The van der Waals surface area contributed by atoms with Crippen molar-refractivity contribution in [3.63, 3.8) is 0 Å². The van der Waals surface area contributed by atoms with Crippen LogP contribution in [0.15, 0.2) is 90.7 Å². The highest BCUT2D eigenvalue weighted by atomic mass is 16.3. The maximum atomic E-state index is 9.73. The Balaban J connectivity index is 1.55. The Morgan fingerprint density at radius 2 is 1.82 bits per heavy atom. The largest absolute Gasteiger partial charge is 0.508 e.